The van der Waals surface area contributed by atoms with Crippen LogP contribution in [0.4, 0.5) is 0 Å². The van der Waals surface area contributed by atoms with Gasteiger partial charge in [0.2, 0.25) is 0 Å². The Morgan fingerprint density at radius 2 is 2.11 bits per heavy atom. The highest BCUT2D eigenvalue weighted by atomic mass is 16.5. The second-order valence-corrected chi connectivity index (χ2v) is 4.52. The van der Waals surface area contributed by atoms with E-state index in [4.69, 9.17) is 10.6 Å². The molecular weight excluding hydrogens is 226 g/mol. The molecule has 0 aliphatic rings. The van der Waals surface area contributed by atoms with E-state index in [2.05, 4.69) is 22.5 Å². The molecule has 0 radical (unpaired) electrons. The Balaban J connectivity index is 2.32. The van der Waals surface area contributed by atoms with E-state index in [1.807, 2.05) is 32.0 Å². The van der Waals surface area contributed by atoms with E-state index < -0.39 is 0 Å². The van der Waals surface area contributed by atoms with Crippen LogP contribution in [0.15, 0.2) is 36.5 Å². The molecule has 0 fully saturated rings. The van der Waals surface area contributed by atoms with Crippen LogP contribution in [-0.4, -0.2) is 17.7 Å². The molecule has 4 heteroatoms. The monoisotopic (exact) mass is 245 g/mol. The lowest BCUT2D eigenvalue weighted by Crippen LogP contribution is -2.32. The summed E-state index contributed by atoms with van der Waals surface area (Å²) in [5.74, 6) is 5.63. The highest BCUT2D eigenvalue weighted by Gasteiger charge is 2.13. The van der Waals surface area contributed by atoms with Crippen LogP contribution in [0.2, 0.25) is 0 Å². The molecule has 1 aromatic carbocycles. The van der Waals surface area contributed by atoms with Crippen molar-refractivity contribution < 1.29 is 4.74 Å². The summed E-state index contributed by atoms with van der Waals surface area (Å²) in [6.45, 7) is 4.57. The first kappa shape index (κ1) is 13.0. The van der Waals surface area contributed by atoms with Crippen molar-refractivity contribution in [2.75, 3.05) is 6.61 Å². The molecule has 0 spiro atoms. The van der Waals surface area contributed by atoms with Gasteiger partial charge < -0.3 is 4.74 Å². The number of nitrogens with one attached hydrogen (secondary N) is 1. The smallest absolute Gasteiger partial charge is 0.0705 e. The molecule has 1 aromatic heterocycles. The number of hydrogen-bond donors (Lipinski definition) is 2. The fourth-order valence-corrected chi connectivity index (χ4v) is 1.95. The summed E-state index contributed by atoms with van der Waals surface area (Å²) in [6.07, 6.45) is 1.98. The van der Waals surface area contributed by atoms with Crippen molar-refractivity contribution in [3.63, 3.8) is 0 Å². The molecule has 0 saturated heterocycles. The quantitative estimate of drug-likeness (QED) is 0.626. The zero-order valence-corrected chi connectivity index (χ0v) is 10.8. The fraction of sp³-hybridized carbons (Fsp3) is 0.357. The van der Waals surface area contributed by atoms with Gasteiger partial charge in [-0.2, -0.15) is 0 Å². The molecule has 0 saturated carbocycles. The van der Waals surface area contributed by atoms with Gasteiger partial charge in [-0.05, 0) is 31.5 Å². The number of hydrogen-bond acceptors (Lipinski definition) is 4. The largest absolute Gasteiger partial charge is 0.377 e. The van der Waals surface area contributed by atoms with E-state index in [9.17, 15) is 0 Å². The van der Waals surface area contributed by atoms with E-state index >= 15 is 0 Å². The summed E-state index contributed by atoms with van der Waals surface area (Å²) in [4.78, 5) is 4.34. The molecule has 2 rings (SSSR count). The number of nitrogens with two attached hydrogens (primary N) is 1. The molecule has 0 amide bonds. The van der Waals surface area contributed by atoms with Gasteiger partial charge in [0, 0.05) is 11.6 Å². The second-order valence-electron chi connectivity index (χ2n) is 4.52. The Hall–Kier alpha value is -1.49. The zero-order valence-electron chi connectivity index (χ0n) is 10.8. The average molecular weight is 245 g/mol. The highest BCUT2D eigenvalue weighted by Crippen LogP contribution is 2.23. The minimum absolute atomic E-state index is 0.0275. The Labute approximate surface area is 107 Å². The number of benzene rings is 1. The van der Waals surface area contributed by atoms with E-state index in [1.54, 1.807) is 6.20 Å². The third-order valence-electron chi connectivity index (χ3n) is 2.85. The lowest BCUT2D eigenvalue weighted by atomic mass is 10.0. The lowest BCUT2D eigenvalue weighted by molar-refractivity contribution is 0.0614. The SMILES string of the molecule is CC(C)OCC(NN)c1cccc2ncccc12. The first-order valence-corrected chi connectivity index (χ1v) is 6.13. The molecule has 2 aromatic rings. The third kappa shape index (κ3) is 2.85. The molecule has 0 aliphatic carbocycles. The van der Waals surface area contributed by atoms with Crippen molar-refractivity contribution in [1.29, 1.82) is 0 Å². The van der Waals surface area contributed by atoms with Gasteiger partial charge in [-0.15, -0.1) is 0 Å². The van der Waals surface area contributed by atoms with Crippen molar-refractivity contribution in [3.05, 3.63) is 42.1 Å². The number of pyridine rings is 1. The van der Waals surface area contributed by atoms with E-state index in [-0.39, 0.29) is 12.1 Å². The first-order valence-electron chi connectivity index (χ1n) is 6.13. The topological polar surface area (TPSA) is 60.2 Å². The van der Waals surface area contributed by atoms with Gasteiger partial charge in [0.1, 0.15) is 0 Å². The molecule has 96 valence electrons. The summed E-state index contributed by atoms with van der Waals surface area (Å²) in [5.41, 5.74) is 4.90. The molecule has 0 bridgehead atoms. The van der Waals surface area contributed by atoms with E-state index in [0.29, 0.717) is 6.61 Å². The minimum atomic E-state index is -0.0275. The standard InChI is InChI=1S/C14H19N3O/c1-10(2)18-9-14(17-15)12-5-3-7-13-11(12)6-4-8-16-13/h3-8,10,14,17H,9,15H2,1-2H3. The van der Waals surface area contributed by atoms with Gasteiger partial charge in [-0.25, -0.2) is 0 Å². The number of hydrazine groups is 1. The van der Waals surface area contributed by atoms with Crippen molar-refractivity contribution in [2.45, 2.75) is 26.0 Å². The van der Waals surface area contributed by atoms with Crippen molar-refractivity contribution >= 4 is 10.9 Å². The number of aromatic nitrogens is 1. The van der Waals surface area contributed by atoms with Gasteiger partial charge >= 0.3 is 0 Å². The zero-order chi connectivity index (χ0) is 13.0. The Kier molecular flexibility index (Phi) is 4.25. The van der Waals surface area contributed by atoms with E-state index in [0.717, 1.165) is 16.5 Å². The molecule has 0 aliphatic heterocycles. The van der Waals surface area contributed by atoms with Crippen LogP contribution in [0, 0.1) is 0 Å². The molecule has 1 unspecified atom stereocenters. The minimum Gasteiger partial charge on any atom is -0.377 e. The molecule has 1 atom stereocenters. The predicted molar refractivity (Wildman–Crippen MR) is 72.9 cm³/mol. The third-order valence-corrected chi connectivity index (χ3v) is 2.85. The van der Waals surface area contributed by atoms with Gasteiger partial charge in [-0.1, -0.05) is 18.2 Å². The molecule has 1 heterocycles. The summed E-state index contributed by atoms with van der Waals surface area (Å²) < 4.78 is 5.64. The van der Waals surface area contributed by atoms with Crippen LogP contribution in [0.1, 0.15) is 25.5 Å². The molecule has 4 nitrogen and oxygen atoms in total. The van der Waals surface area contributed by atoms with Crippen LogP contribution >= 0.6 is 0 Å². The molecule has 18 heavy (non-hydrogen) atoms. The highest BCUT2D eigenvalue weighted by molar-refractivity contribution is 5.82. The van der Waals surface area contributed by atoms with Crippen LogP contribution in [-0.2, 0) is 4.74 Å². The van der Waals surface area contributed by atoms with Crippen molar-refractivity contribution in [2.24, 2.45) is 5.84 Å². The van der Waals surface area contributed by atoms with Gasteiger partial charge in [0.15, 0.2) is 0 Å². The van der Waals surface area contributed by atoms with Gasteiger partial charge in [0.25, 0.3) is 0 Å². The maximum absolute atomic E-state index is 5.64. The summed E-state index contributed by atoms with van der Waals surface area (Å²) in [5, 5.41) is 1.11. The number of rotatable bonds is 5. The maximum atomic E-state index is 5.64. The van der Waals surface area contributed by atoms with Gasteiger partial charge in [-0.3, -0.25) is 16.3 Å². The molecular formula is C14H19N3O. The Morgan fingerprint density at radius 1 is 1.28 bits per heavy atom. The van der Waals surface area contributed by atoms with Crippen molar-refractivity contribution in [3.8, 4) is 0 Å². The van der Waals surface area contributed by atoms with Crippen LogP contribution in [0.5, 0.6) is 0 Å². The lowest BCUT2D eigenvalue weighted by Gasteiger charge is -2.19. The number of nitrogens with zero attached hydrogens (tertiary/aromatic N) is 1. The summed E-state index contributed by atoms with van der Waals surface area (Å²) in [7, 11) is 0. The molecule has 3 N–H and O–H groups in total. The number of ether oxygens (including phenoxy) is 1. The Morgan fingerprint density at radius 3 is 2.83 bits per heavy atom. The fourth-order valence-electron chi connectivity index (χ4n) is 1.95. The van der Waals surface area contributed by atoms with Crippen LogP contribution in [0.3, 0.4) is 0 Å². The summed E-state index contributed by atoms with van der Waals surface area (Å²) in [6, 6.07) is 10.00. The van der Waals surface area contributed by atoms with Crippen LogP contribution in [0.25, 0.3) is 10.9 Å². The normalized spacial score (nSPS) is 13.1. The maximum Gasteiger partial charge on any atom is 0.0705 e. The average Bonchev–Trinajstić information content (AvgIpc) is 2.39. The number of fused-ring (bicyclic) bond motifs is 1. The Bertz CT molecular complexity index is 508. The van der Waals surface area contributed by atoms with Crippen molar-refractivity contribution in [1.82, 2.24) is 10.4 Å². The predicted octanol–water partition coefficient (Wildman–Crippen LogP) is 2.16. The van der Waals surface area contributed by atoms with Gasteiger partial charge in [0.05, 0.1) is 24.3 Å². The second kappa shape index (κ2) is 5.91. The van der Waals surface area contributed by atoms with E-state index in [1.165, 1.54) is 0 Å². The van der Waals surface area contributed by atoms with Crippen LogP contribution < -0.4 is 11.3 Å². The summed E-state index contributed by atoms with van der Waals surface area (Å²) >= 11 is 0. The first-order chi connectivity index (χ1) is 8.72.